The highest BCUT2D eigenvalue weighted by molar-refractivity contribution is 6.09. The number of nitrogens with one attached hydrogen (secondary N) is 1. The Kier molecular flexibility index (Phi) is 4.78. The second-order valence-corrected chi connectivity index (χ2v) is 6.54. The minimum atomic E-state index is -1.35. The first-order chi connectivity index (χ1) is 14.0. The minimum Gasteiger partial charge on any atom is -0.480 e. The lowest BCUT2D eigenvalue weighted by atomic mass is 10.0. The lowest BCUT2D eigenvalue weighted by Gasteiger charge is -2.14. The van der Waals surface area contributed by atoms with Crippen LogP contribution in [0.1, 0.15) is 27.1 Å². The van der Waals surface area contributed by atoms with E-state index < -0.39 is 17.9 Å². The molecular formula is C22H16N2O5. The molecule has 0 aliphatic carbocycles. The molecule has 4 rings (SSSR count). The van der Waals surface area contributed by atoms with Gasteiger partial charge in [-0.1, -0.05) is 18.2 Å². The molecule has 2 aromatic heterocycles. The molecule has 0 aliphatic rings. The van der Waals surface area contributed by atoms with Gasteiger partial charge in [0, 0.05) is 40.7 Å². The van der Waals surface area contributed by atoms with E-state index in [9.17, 15) is 19.5 Å². The monoisotopic (exact) mass is 388 g/mol. The summed E-state index contributed by atoms with van der Waals surface area (Å²) < 4.78 is 5.74. The third-order valence-electron chi connectivity index (χ3n) is 4.63. The van der Waals surface area contributed by atoms with Gasteiger partial charge in [-0.05, 0) is 36.4 Å². The van der Waals surface area contributed by atoms with Crippen molar-refractivity contribution in [3.8, 4) is 0 Å². The Morgan fingerprint density at radius 1 is 0.931 bits per heavy atom. The number of aromatic nitrogens is 1. The third-order valence-corrected chi connectivity index (χ3v) is 4.63. The van der Waals surface area contributed by atoms with Gasteiger partial charge in [0.25, 0.3) is 5.91 Å². The van der Waals surface area contributed by atoms with Crippen molar-refractivity contribution in [2.24, 2.45) is 0 Å². The van der Waals surface area contributed by atoms with E-state index in [2.05, 4.69) is 10.3 Å². The van der Waals surface area contributed by atoms with Crippen LogP contribution in [-0.2, 0) is 4.79 Å². The zero-order chi connectivity index (χ0) is 20.4. The molecule has 2 N–H and O–H groups in total. The number of para-hydroxylation sites is 1. The number of pyridine rings is 1. The van der Waals surface area contributed by atoms with E-state index in [-0.39, 0.29) is 17.8 Å². The highest BCUT2D eigenvalue weighted by Crippen LogP contribution is 2.29. The molecule has 0 radical (unpaired) electrons. The molecule has 1 atom stereocenters. The largest absolute Gasteiger partial charge is 0.480 e. The molecule has 0 saturated heterocycles. The number of benzene rings is 2. The molecular weight excluding hydrogens is 372 g/mol. The minimum absolute atomic E-state index is 0.269. The van der Waals surface area contributed by atoms with Gasteiger partial charge >= 0.3 is 5.97 Å². The van der Waals surface area contributed by atoms with Gasteiger partial charge in [-0.25, -0.2) is 4.79 Å². The lowest BCUT2D eigenvalue weighted by molar-refractivity contribution is -0.139. The van der Waals surface area contributed by atoms with Crippen molar-refractivity contribution in [3.63, 3.8) is 0 Å². The summed E-state index contributed by atoms with van der Waals surface area (Å²) >= 11 is 0. The maximum absolute atomic E-state index is 12.7. The first-order valence-electron chi connectivity index (χ1n) is 8.91. The molecule has 4 aromatic rings. The quantitative estimate of drug-likeness (QED) is 0.490. The van der Waals surface area contributed by atoms with Crippen LogP contribution in [0.2, 0.25) is 0 Å². The molecule has 29 heavy (non-hydrogen) atoms. The number of aliphatic carboxylic acids is 1. The van der Waals surface area contributed by atoms with Crippen LogP contribution in [0.3, 0.4) is 0 Å². The van der Waals surface area contributed by atoms with Crippen LogP contribution < -0.4 is 5.32 Å². The average molecular weight is 388 g/mol. The van der Waals surface area contributed by atoms with E-state index in [1.54, 1.807) is 18.2 Å². The van der Waals surface area contributed by atoms with Gasteiger partial charge in [0.15, 0.2) is 5.78 Å². The number of hydrogen-bond acceptors (Lipinski definition) is 5. The molecule has 0 saturated carbocycles. The van der Waals surface area contributed by atoms with Gasteiger partial charge < -0.3 is 14.8 Å². The van der Waals surface area contributed by atoms with Crippen LogP contribution in [0.25, 0.3) is 21.9 Å². The summed E-state index contributed by atoms with van der Waals surface area (Å²) in [6.07, 6.45) is 2.49. The van der Waals surface area contributed by atoms with E-state index in [4.69, 9.17) is 4.42 Å². The molecule has 2 aromatic carbocycles. The summed E-state index contributed by atoms with van der Waals surface area (Å²) in [5.41, 5.74) is 1.97. The Balaban J connectivity index is 1.57. The van der Waals surface area contributed by atoms with E-state index in [1.807, 2.05) is 24.3 Å². The predicted molar refractivity (Wildman–Crippen MR) is 106 cm³/mol. The number of carbonyl (C=O) groups is 3. The number of rotatable bonds is 6. The van der Waals surface area contributed by atoms with Crippen molar-refractivity contribution < 1.29 is 23.9 Å². The zero-order valence-corrected chi connectivity index (χ0v) is 15.2. The van der Waals surface area contributed by atoms with E-state index in [1.165, 1.54) is 24.5 Å². The summed E-state index contributed by atoms with van der Waals surface area (Å²) in [6, 6.07) is 14.0. The summed E-state index contributed by atoms with van der Waals surface area (Å²) in [5, 5.41) is 13.5. The lowest BCUT2D eigenvalue weighted by Crippen LogP contribution is -2.42. The molecule has 2 heterocycles. The number of ketones is 1. The molecule has 1 unspecified atom stereocenters. The fourth-order valence-electron chi connectivity index (χ4n) is 3.15. The van der Waals surface area contributed by atoms with Crippen LogP contribution in [0, 0.1) is 0 Å². The van der Waals surface area contributed by atoms with E-state index in [0.717, 1.165) is 10.8 Å². The fraction of sp³-hybridized carbons (Fsp3) is 0.0909. The molecule has 0 spiro atoms. The molecule has 7 nitrogen and oxygen atoms in total. The first-order valence-corrected chi connectivity index (χ1v) is 8.91. The number of fused-ring (bicyclic) bond motifs is 3. The molecule has 7 heteroatoms. The van der Waals surface area contributed by atoms with E-state index in [0.29, 0.717) is 16.7 Å². The Labute approximate surface area is 165 Å². The molecule has 0 fully saturated rings. The topological polar surface area (TPSA) is 110 Å². The second kappa shape index (κ2) is 7.55. The van der Waals surface area contributed by atoms with Crippen LogP contribution in [-0.4, -0.2) is 33.8 Å². The van der Waals surface area contributed by atoms with Gasteiger partial charge in [0.1, 0.15) is 17.2 Å². The van der Waals surface area contributed by atoms with Crippen molar-refractivity contribution in [2.45, 2.75) is 12.5 Å². The second-order valence-electron chi connectivity index (χ2n) is 6.54. The maximum atomic E-state index is 12.7. The highest BCUT2D eigenvalue weighted by Gasteiger charge is 2.25. The van der Waals surface area contributed by atoms with E-state index >= 15 is 0 Å². The van der Waals surface area contributed by atoms with Gasteiger partial charge in [-0.15, -0.1) is 0 Å². The Morgan fingerprint density at radius 3 is 2.41 bits per heavy atom. The van der Waals surface area contributed by atoms with Crippen LogP contribution >= 0.6 is 0 Å². The highest BCUT2D eigenvalue weighted by atomic mass is 16.4. The van der Waals surface area contributed by atoms with Crippen molar-refractivity contribution in [2.75, 3.05) is 0 Å². The first kappa shape index (κ1) is 18.4. The summed E-state index contributed by atoms with van der Waals surface area (Å²) in [7, 11) is 0. The van der Waals surface area contributed by atoms with Gasteiger partial charge in [0.2, 0.25) is 0 Å². The number of carboxylic acid groups (broad SMARTS) is 1. The smallest absolute Gasteiger partial charge is 0.326 e. The normalized spacial score (nSPS) is 12.0. The van der Waals surface area contributed by atoms with Crippen molar-refractivity contribution >= 4 is 39.6 Å². The number of hydrogen-bond donors (Lipinski definition) is 2. The summed E-state index contributed by atoms with van der Waals surface area (Å²) in [6.45, 7) is 0. The average Bonchev–Trinajstić information content (AvgIpc) is 3.11. The molecule has 0 aliphatic heterocycles. The van der Waals surface area contributed by atoms with Crippen molar-refractivity contribution in [1.82, 2.24) is 10.3 Å². The Bertz CT molecular complexity index is 1230. The number of furan rings is 1. The fourth-order valence-corrected chi connectivity index (χ4v) is 3.15. The zero-order valence-electron chi connectivity index (χ0n) is 15.2. The summed E-state index contributed by atoms with van der Waals surface area (Å²) in [5.74, 6) is -2.25. The predicted octanol–water partition coefficient (Wildman–Crippen LogP) is 3.44. The van der Waals surface area contributed by atoms with Crippen molar-refractivity contribution in [1.29, 1.82) is 0 Å². The molecule has 144 valence electrons. The van der Waals surface area contributed by atoms with Crippen LogP contribution in [0.5, 0.6) is 0 Å². The van der Waals surface area contributed by atoms with Gasteiger partial charge in [-0.3, -0.25) is 14.6 Å². The Morgan fingerprint density at radius 2 is 1.66 bits per heavy atom. The number of amides is 1. The third kappa shape index (κ3) is 3.70. The SMILES string of the molecule is O=C(CC(NC(=O)c1ccncc1)C(=O)O)c1ccc2oc3ccccc3c2c1. The summed E-state index contributed by atoms with van der Waals surface area (Å²) in [4.78, 5) is 40.4. The molecule has 1 amide bonds. The van der Waals surface area contributed by atoms with Crippen LogP contribution in [0.15, 0.2) is 71.4 Å². The van der Waals surface area contributed by atoms with Gasteiger partial charge in [0.05, 0.1) is 0 Å². The maximum Gasteiger partial charge on any atom is 0.326 e. The standard InChI is InChI=1S/C22H16N2O5/c25-18(12-17(22(27)28)24-21(26)13-7-9-23-10-8-13)14-5-6-20-16(11-14)15-3-1-2-4-19(15)29-20/h1-11,17H,12H2,(H,24,26)(H,27,28). The number of carbonyl (C=O) groups excluding carboxylic acids is 2. The number of carboxylic acids is 1. The van der Waals surface area contributed by atoms with Crippen LogP contribution in [0.4, 0.5) is 0 Å². The van der Waals surface area contributed by atoms with Crippen molar-refractivity contribution in [3.05, 3.63) is 78.1 Å². The number of Topliss-reactive ketones (excluding diaryl/α,β-unsaturated/α-hetero) is 1. The van der Waals surface area contributed by atoms with Gasteiger partial charge in [-0.2, -0.15) is 0 Å². The Hall–Kier alpha value is -4.00. The number of nitrogens with zero attached hydrogens (tertiary/aromatic N) is 1. The molecule has 0 bridgehead atoms.